The van der Waals surface area contributed by atoms with E-state index in [1.54, 1.807) is 0 Å². The average Bonchev–Trinajstić information content (AvgIpc) is 3.03. The molecular weight excluding hydrogens is 885 g/mol. The zero-order valence-electron chi connectivity index (χ0n) is 28.2. The lowest BCUT2D eigenvalue weighted by atomic mass is 10.1. The molecule has 0 radical (unpaired) electrons. The molecule has 2 aromatic rings. The monoisotopic (exact) mass is 918 g/mol. The van der Waals surface area contributed by atoms with Crippen LogP contribution in [0.25, 0.3) is 19.4 Å². The van der Waals surface area contributed by atoms with Crippen LogP contribution in [0.2, 0.25) is 0 Å². The highest BCUT2D eigenvalue weighted by atomic mass is 32.3. The first-order valence-corrected chi connectivity index (χ1v) is 20.9. The molecule has 2 heterocycles. The van der Waals surface area contributed by atoms with Gasteiger partial charge in [0.1, 0.15) is 13.1 Å². The average molecular weight is 919 g/mol. The number of unbranched alkanes of at least 4 members (excludes halogenated alkanes) is 6. The molecule has 0 saturated heterocycles. The van der Waals surface area contributed by atoms with E-state index >= 15 is 0 Å². The Kier molecular flexibility index (Phi) is 20.6. The van der Waals surface area contributed by atoms with Crippen LogP contribution in [-0.4, -0.2) is 79.1 Å². The minimum atomic E-state index is -6.72. The van der Waals surface area contributed by atoms with Crippen LogP contribution >= 0.6 is 0 Å². The highest BCUT2D eigenvalue weighted by Crippen LogP contribution is 2.37. The number of alkyl halides is 12. The summed E-state index contributed by atoms with van der Waals surface area (Å²) in [5.41, 5.74) is -22.3. The third-order valence-electron chi connectivity index (χ3n) is 6.33. The van der Waals surface area contributed by atoms with Crippen molar-refractivity contribution in [2.45, 2.75) is 86.5 Å². The molecule has 0 aliphatic rings. The third-order valence-corrected chi connectivity index (χ3v) is 11.8. The summed E-state index contributed by atoms with van der Waals surface area (Å²) in [5, 5.41) is 17.6. The van der Waals surface area contributed by atoms with Crippen LogP contribution in [-0.2, 0) is 53.2 Å². The van der Waals surface area contributed by atoms with Gasteiger partial charge in [0, 0.05) is 50.3 Å². The Morgan fingerprint density at radius 1 is 0.411 bits per heavy atom. The standard InChI is InChI=1S/C22H34N2O2.2C2F6NO4S2/c25-19-7-3-1-5-13-23-15-9-21(10-16-23)22-11-17-24(18-12-22)14-6-2-4-8-20-26;2*3-1(4,5)14(10,11)9-15(12,13)2(6,7)8/h9-12,15-18,25-26H,1-8,13-14,19-20H2;;/q+2;2*-1. The number of aryl methyl sites for hydroxylation is 2. The molecule has 0 aliphatic heterocycles. The number of aliphatic hydroxyl groups excluding tert-OH is 2. The van der Waals surface area contributed by atoms with E-state index in [0.717, 1.165) is 59.9 Å². The molecule has 2 aromatic heterocycles. The predicted molar refractivity (Wildman–Crippen MR) is 170 cm³/mol. The van der Waals surface area contributed by atoms with Gasteiger partial charge >= 0.3 is 22.0 Å². The van der Waals surface area contributed by atoms with E-state index < -0.39 is 62.1 Å². The molecule has 0 aliphatic carbocycles. The van der Waals surface area contributed by atoms with Crippen molar-refractivity contribution in [1.29, 1.82) is 0 Å². The zero-order chi connectivity index (χ0) is 43.9. The molecule has 0 bridgehead atoms. The smallest absolute Gasteiger partial charge is 0.421 e. The van der Waals surface area contributed by atoms with Gasteiger partial charge in [-0.3, -0.25) is 0 Å². The van der Waals surface area contributed by atoms with E-state index in [2.05, 4.69) is 58.2 Å². The van der Waals surface area contributed by atoms with E-state index in [1.807, 2.05) is 0 Å². The normalized spacial score (nSPS) is 13.3. The molecule has 0 spiro atoms. The molecule has 56 heavy (non-hydrogen) atoms. The molecule has 0 aromatic carbocycles. The van der Waals surface area contributed by atoms with Crippen molar-refractivity contribution >= 4 is 40.1 Å². The summed E-state index contributed by atoms with van der Waals surface area (Å²) >= 11 is 0. The lowest BCUT2D eigenvalue weighted by Crippen LogP contribution is -2.33. The second-order valence-corrected chi connectivity index (χ2v) is 17.6. The number of hydrogen-bond donors (Lipinski definition) is 2. The Labute approximate surface area is 313 Å². The van der Waals surface area contributed by atoms with Crippen LogP contribution in [0.15, 0.2) is 49.1 Å². The predicted octanol–water partition coefficient (Wildman–Crippen LogP) is 5.15. The number of rotatable bonds is 17. The van der Waals surface area contributed by atoms with Crippen LogP contribution < -0.4 is 9.13 Å². The summed E-state index contributed by atoms with van der Waals surface area (Å²) in [7, 11) is -26.9. The highest BCUT2D eigenvalue weighted by molar-refractivity contribution is 8.13. The highest BCUT2D eigenvalue weighted by Gasteiger charge is 2.48. The van der Waals surface area contributed by atoms with Crippen molar-refractivity contribution < 1.29 is 106 Å². The number of sulfonamides is 4. The molecule has 30 heteroatoms. The molecule has 0 fully saturated rings. The number of aliphatic hydroxyl groups is 2. The molecule has 0 amide bonds. The summed E-state index contributed by atoms with van der Waals surface area (Å²) in [6.45, 7) is 2.69. The van der Waals surface area contributed by atoms with Gasteiger partial charge in [-0.1, -0.05) is 12.8 Å². The fourth-order valence-electron chi connectivity index (χ4n) is 3.54. The maximum atomic E-state index is 11.4. The van der Waals surface area contributed by atoms with Gasteiger partial charge < -0.3 is 18.5 Å². The Hall–Kier alpha value is -2.90. The topological polar surface area (TPSA) is 213 Å². The van der Waals surface area contributed by atoms with E-state index in [-0.39, 0.29) is 0 Å². The lowest BCUT2D eigenvalue weighted by molar-refractivity contribution is -0.697. The van der Waals surface area contributed by atoms with E-state index in [0.29, 0.717) is 13.2 Å². The van der Waals surface area contributed by atoms with Crippen LogP contribution in [0.3, 0.4) is 0 Å². The molecule has 0 unspecified atom stereocenters. The largest absolute Gasteiger partial charge is 0.480 e. The van der Waals surface area contributed by atoms with Crippen LogP contribution in [0, 0.1) is 0 Å². The van der Waals surface area contributed by atoms with E-state index in [4.69, 9.17) is 10.2 Å². The van der Waals surface area contributed by atoms with Gasteiger partial charge in [-0.05, 0) is 36.8 Å². The fourth-order valence-corrected chi connectivity index (χ4v) is 6.96. The summed E-state index contributed by atoms with van der Waals surface area (Å²) in [5.74, 6) is 0. The Bertz CT molecular complexity index is 1700. The van der Waals surface area contributed by atoms with E-state index in [1.165, 1.54) is 24.0 Å². The Balaban J connectivity index is 0.000000871. The number of hydrogen-bond acceptors (Lipinski definition) is 10. The third kappa shape index (κ3) is 18.6. The van der Waals surface area contributed by atoms with Gasteiger partial charge in [-0.2, -0.15) is 52.7 Å². The van der Waals surface area contributed by atoms with Crippen molar-refractivity contribution in [3.63, 3.8) is 0 Å². The van der Waals surface area contributed by atoms with Gasteiger partial charge in [0.05, 0.1) is 0 Å². The quantitative estimate of drug-likeness (QED) is 0.121. The number of nitrogens with zero attached hydrogens (tertiary/aromatic N) is 4. The summed E-state index contributed by atoms with van der Waals surface area (Å²) in [6.07, 6.45) is 17.4. The summed E-state index contributed by atoms with van der Waals surface area (Å²) in [4.78, 5) is 0. The van der Waals surface area contributed by atoms with Crippen LogP contribution in [0.4, 0.5) is 52.7 Å². The zero-order valence-corrected chi connectivity index (χ0v) is 31.5. The molecule has 2 rings (SSSR count). The first-order chi connectivity index (χ1) is 25.2. The number of pyridine rings is 2. The van der Waals surface area contributed by atoms with Gasteiger partial charge in [0.25, 0.3) is 0 Å². The summed E-state index contributed by atoms with van der Waals surface area (Å²) < 4.78 is 223. The van der Waals surface area contributed by atoms with Crippen LogP contribution in [0.5, 0.6) is 0 Å². The second-order valence-electron chi connectivity index (χ2n) is 10.8. The Morgan fingerprint density at radius 2 is 0.625 bits per heavy atom. The minimum absolute atomic E-state index is 0.308. The molecule has 14 nitrogen and oxygen atoms in total. The van der Waals surface area contributed by atoms with Crippen molar-refractivity contribution in [2.24, 2.45) is 0 Å². The van der Waals surface area contributed by atoms with Gasteiger partial charge in [-0.25, -0.2) is 42.8 Å². The Morgan fingerprint density at radius 3 is 0.821 bits per heavy atom. The first-order valence-electron chi connectivity index (χ1n) is 15.2. The van der Waals surface area contributed by atoms with Gasteiger partial charge in [0.2, 0.25) is 0 Å². The first kappa shape index (κ1) is 53.1. The fraction of sp³-hybridized carbons (Fsp3) is 0.615. The molecular formula is C26H34F12N4O10S4. The van der Waals surface area contributed by atoms with Crippen molar-refractivity contribution in [3.8, 4) is 11.1 Å². The number of aromatic nitrogens is 2. The molecule has 2 N–H and O–H groups in total. The van der Waals surface area contributed by atoms with Crippen molar-refractivity contribution in [3.05, 3.63) is 57.3 Å². The van der Waals surface area contributed by atoms with Crippen LogP contribution in [0.1, 0.15) is 51.4 Å². The second kappa shape index (κ2) is 21.7. The van der Waals surface area contributed by atoms with Gasteiger partial charge in [0.15, 0.2) is 64.9 Å². The molecule has 326 valence electrons. The molecule has 0 saturated carbocycles. The van der Waals surface area contributed by atoms with E-state index in [9.17, 15) is 86.4 Å². The number of halogens is 12. The summed E-state index contributed by atoms with van der Waals surface area (Å²) in [6, 6.07) is 8.73. The lowest BCUT2D eigenvalue weighted by Gasteiger charge is -2.22. The minimum Gasteiger partial charge on any atom is -0.421 e. The maximum absolute atomic E-state index is 11.4. The van der Waals surface area contributed by atoms with Gasteiger partial charge in [-0.15, -0.1) is 0 Å². The van der Waals surface area contributed by atoms with Crippen molar-refractivity contribution in [1.82, 2.24) is 0 Å². The maximum Gasteiger partial charge on any atom is 0.480 e. The molecule has 0 atom stereocenters. The SMILES string of the molecule is O=S(=O)([N-]S(=O)(=O)C(F)(F)F)C(F)(F)F.O=S(=O)([N-]S(=O)(=O)C(F)(F)F)C(F)(F)F.OCCCCCC[n+]1ccc(-c2cc[n+](CCCCCCO)cc2)cc1. The van der Waals surface area contributed by atoms with Crippen molar-refractivity contribution in [2.75, 3.05) is 13.2 Å².